The predicted octanol–water partition coefficient (Wildman–Crippen LogP) is 0.683. The maximum absolute atomic E-state index is 8.59. The second-order valence-electron chi connectivity index (χ2n) is 1.58. The number of hydrogen-bond donors (Lipinski definition) is 1. The van der Waals surface area contributed by atoms with E-state index in [1.807, 2.05) is 6.92 Å². The standard InChI is InChI=1S/C5H8N2O/c1-2-5-3-4-7(8)6-5/h3-4,8H,2H2,1H3. The average molecular weight is 112 g/mol. The van der Waals surface area contributed by atoms with Gasteiger partial charge in [-0.3, -0.25) is 0 Å². The lowest BCUT2D eigenvalue weighted by molar-refractivity contribution is 0.147. The van der Waals surface area contributed by atoms with Crippen molar-refractivity contribution in [3.8, 4) is 0 Å². The fourth-order valence-electron chi connectivity index (χ4n) is 0.540. The van der Waals surface area contributed by atoms with Gasteiger partial charge in [-0.1, -0.05) is 6.92 Å². The van der Waals surface area contributed by atoms with Crippen molar-refractivity contribution < 1.29 is 5.21 Å². The van der Waals surface area contributed by atoms with Crippen LogP contribution in [-0.4, -0.2) is 15.2 Å². The molecule has 0 aromatic carbocycles. The maximum atomic E-state index is 8.59. The third kappa shape index (κ3) is 0.804. The summed E-state index contributed by atoms with van der Waals surface area (Å²) < 4.78 is 0. The summed E-state index contributed by atoms with van der Waals surface area (Å²) in [5.74, 6) is 0. The van der Waals surface area contributed by atoms with E-state index in [-0.39, 0.29) is 0 Å². The van der Waals surface area contributed by atoms with Crippen LogP contribution in [0.5, 0.6) is 0 Å². The average Bonchev–Trinajstić information content (AvgIpc) is 2.14. The molecule has 0 atom stereocenters. The quantitative estimate of drug-likeness (QED) is 0.542. The molecule has 0 radical (unpaired) electrons. The fourth-order valence-corrected chi connectivity index (χ4v) is 0.540. The topological polar surface area (TPSA) is 38.0 Å². The smallest absolute Gasteiger partial charge is 0.0667 e. The minimum Gasteiger partial charge on any atom is -0.412 e. The normalized spacial score (nSPS) is 9.62. The Balaban J connectivity index is 2.84. The van der Waals surface area contributed by atoms with Crippen LogP contribution < -0.4 is 0 Å². The van der Waals surface area contributed by atoms with Gasteiger partial charge in [-0.25, -0.2) is 0 Å². The van der Waals surface area contributed by atoms with E-state index >= 15 is 0 Å². The molecular formula is C5H8N2O. The fraction of sp³-hybridized carbons (Fsp3) is 0.400. The summed E-state index contributed by atoms with van der Waals surface area (Å²) in [6, 6.07) is 1.78. The van der Waals surface area contributed by atoms with Crippen molar-refractivity contribution in [2.24, 2.45) is 0 Å². The minimum absolute atomic E-state index is 0.818. The second-order valence-corrected chi connectivity index (χ2v) is 1.58. The van der Waals surface area contributed by atoms with Crippen molar-refractivity contribution in [3.05, 3.63) is 18.0 Å². The minimum atomic E-state index is 0.818. The summed E-state index contributed by atoms with van der Waals surface area (Å²) >= 11 is 0. The van der Waals surface area contributed by atoms with E-state index < -0.39 is 0 Å². The molecule has 0 aliphatic carbocycles. The van der Waals surface area contributed by atoms with E-state index in [1.54, 1.807) is 6.07 Å². The zero-order valence-electron chi connectivity index (χ0n) is 4.70. The Kier molecular flexibility index (Phi) is 1.20. The molecule has 1 heterocycles. The first-order valence-corrected chi connectivity index (χ1v) is 2.56. The lowest BCUT2D eigenvalue weighted by Gasteiger charge is -1.82. The molecule has 1 N–H and O–H groups in total. The number of aryl methyl sites for hydroxylation is 1. The first-order valence-electron chi connectivity index (χ1n) is 2.56. The van der Waals surface area contributed by atoms with Crippen molar-refractivity contribution in [2.45, 2.75) is 13.3 Å². The van der Waals surface area contributed by atoms with Gasteiger partial charge in [0.05, 0.1) is 11.9 Å². The monoisotopic (exact) mass is 112 g/mol. The van der Waals surface area contributed by atoms with Crippen LogP contribution >= 0.6 is 0 Å². The Morgan fingerprint density at radius 1 is 1.88 bits per heavy atom. The van der Waals surface area contributed by atoms with Crippen molar-refractivity contribution in [2.75, 3.05) is 0 Å². The zero-order chi connectivity index (χ0) is 5.98. The first-order chi connectivity index (χ1) is 3.83. The number of hydrogen-bond acceptors (Lipinski definition) is 2. The van der Waals surface area contributed by atoms with Gasteiger partial charge in [0.1, 0.15) is 0 Å². The molecule has 0 amide bonds. The largest absolute Gasteiger partial charge is 0.412 e. The highest BCUT2D eigenvalue weighted by atomic mass is 16.5. The molecule has 8 heavy (non-hydrogen) atoms. The van der Waals surface area contributed by atoms with Crippen molar-refractivity contribution >= 4 is 0 Å². The SMILES string of the molecule is CCc1ccn(O)n1. The van der Waals surface area contributed by atoms with Crippen LogP contribution in [0.3, 0.4) is 0 Å². The molecule has 1 aromatic rings. The molecular weight excluding hydrogens is 104 g/mol. The Labute approximate surface area is 47.5 Å². The van der Waals surface area contributed by atoms with Crippen LogP contribution in [0, 0.1) is 0 Å². The van der Waals surface area contributed by atoms with Crippen LogP contribution in [-0.2, 0) is 6.42 Å². The van der Waals surface area contributed by atoms with Gasteiger partial charge in [-0.15, -0.1) is 9.94 Å². The summed E-state index contributed by atoms with van der Waals surface area (Å²) in [6.45, 7) is 1.99. The Morgan fingerprint density at radius 3 is 2.88 bits per heavy atom. The molecule has 0 aliphatic heterocycles. The number of rotatable bonds is 1. The number of aromatic nitrogens is 2. The van der Waals surface area contributed by atoms with E-state index in [2.05, 4.69) is 5.10 Å². The molecule has 1 rings (SSSR count). The predicted molar refractivity (Wildman–Crippen MR) is 28.8 cm³/mol. The van der Waals surface area contributed by atoms with Gasteiger partial charge < -0.3 is 5.21 Å². The van der Waals surface area contributed by atoms with E-state index in [0.717, 1.165) is 17.0 Å². The van der Waals surface area contributed by atoms with E-state index in [1.165, 1.54) is 6.20 Å². The van der Waals surface area contributed by atoms with Gasteiger partial charge >= 0.3 is 0 Å². The van der Waals surface area contributed by atoms with E-state index in [4.69, 9.17) is 5.21 Å². The number of nitrogens with zero attached hydrogens (tertiary/aromatic N) is 2. The highest BCUT2D eigenvalue weighted by molar-refractivity contribution is 4.96. The maximum Gasteiger partial charge on any atom is 0.0667 e. The van der Waals surface area contributed by atoms with Crippen LogP contribution in [0.2, 0.25) is 0 Å². The second kappa shape index (κ2) is 1.86. The molecule has 3 nitrogen and oxygen atoms in total. The van der Waals surface area contributed by atoms with Gasteiger partial charge in [0.15, 0.2) is 0 Å². The zero-order valence-corrected chi connectivity index (χ0v) is 4.70. The molecule has 0 saturated carbocycles. The van der Waals surface area contributed by atoms with Crippen LogP contribution in [0.4, 0.5) is 0 Å². The van der Waals surface area contributed by atoms with Gasteiger partial charge in [0, 0.05) is 0 Å². The summed E-state index contributed by atoms with van der Waals surface area (Å²) in [5, 5.41) is 12.3. The molecule has 0 aliphatic rings. The molecule has 0 saturated heterocycles. The van der Waals surface area contributed by atoms with Gasteiger partial charge in [0.25, 0.3) is 0 Å². The summed E-state index contributed by atoms with van der Waals surface area (Å²) in [5.41, 5.74) is 0.910. The highest BCUT2D eigenvalue weighted by Gasteiger charge is 1.89. The molecule has 3 heteroatoms. The van der Waals surface area contributed by atoms with E-state index in [0.29, 0.717) is 0 Å². The molecule has 0 spiro atoms. The van der Waals surface area contributed by atoms with Crippen molar-refractivity contribution in [1.82, 2.24) is 9.94 Å². The summed E-state index contributed by atoms with van der Waals surface area (Å²) in [4.78, 5) is 0.818. The Morgan fingerprint density at radius 2 is 2.62 bits per heavy atom. The molecule has 1 aromatic heterocycles. The molecule has 44 valence electrons. The summed E-state index contributed by atoms with van der Waals surface area (Å²) in [7, 11) is 0. The van der Waals surface area contributed by atoms with Crippen LogP contribution in [0.25, 0.3) is 0 Å². The van der Waals surface area contributed by atoms with Crippen molar-refractivity contribution in [1.29, 1.82) is 0 Å². The van der Waals surface area contributed by atoms with Gasteiger partial charge in [-0.05, 0) is 12.5 Å². The van der Waals surface area contributed by atoms with Crippen LogP contribution in [0.1, 0.15) is 12.6 Å². The lowest BCUT2D eigenvalue weighted by Crippen LogP contribution is -1.90. The van der Waals surface area contributed by atoms with Crippen molar-refractivity contribution in [3.63, 3.8) is 0 Å². The first kappa shape index (κ1) is 5.15. The lowest BCUT2D eigenvalue weighted by atomic mass is 10.4. The molecule has 0 bridgehead atoms. The van der Waals surface area contributed by atoms with Gasteiger partial charge in [-0.2, -0.15) is 0 Å². The summed E-state index contributed by atoms with van der Waals surface area (Å²) in [6.07, 6.45) is 2.38. The molecule has 0 fully saturated rings. The third-order valence-electron chi connectivity index (χ3n) is 0.993. The third-order valence-corrected chi connectivity index (χ3v) is 0.993. The van der Waals surface area contributed by atoms with Crippen LogP contribution in [0.15, 0.2) is 12.3 Å². The Bertz CT molecular complexity index is 171. The van der Waals surface area contributed by atoms with E-state index in [9.17, 15) is 0 Å². The Hall–Kier alpha value is -0.990. The molecule has 0 unspecified atom stereocenters. The van der Waals surface area contributed by atoms with Gasteiger partial charge in [0.2, 0.25) is 0 Å². The highest BCUT2D eigenvalue weighted by Crippen LogP contribution is 1.92.